The topological polar surface area (TPSA) is 67.2 Å². The Hall–Kier alpha value is -3.62. The van der Waals surface area contributed by atoms with Crippen LogP contribution in [0.3, 0.4) is 0 Å². The summed E-state index contributed by atoms with van der Waals surface area (Å²) < 4.78 is 39.9. The number of benzene rings is 2. The van der Waals surface area contributed by atoms with Gasteiger partial charge in [-0.25, -0.2) is 4.68 Å². The first kappa shape index (κ1) is 23.5. The van der Waals surface area contributed by atoms with Crippen LogP contribution in [0.4, 0.5) is 13.2 Å². The molecule has 2 heterocycles. The molecule has 4 rings (SSSR count). The van der Waals surface area contributed by atoms with Gasteiger partial charge in [-0.15, -0.1) is 0 Å². The smallest absolute Gasteiger partial charge is 0.356 e. The number of aromatic nitrogens is 2. The van der Waals surface area contributed by atoms with Crippen LogP contribution in [0.2, 0.25) is 0 Å². The van der Waals surface area contributed by atoms with E-state index in [0.717, 1.165) is 23.4 Å². The van der Waals surface area contributed by atoms with Gasteiger partial charge in [-0.1, -0.05) is 12.1 Å². The van der Waals surface area contributed by atoms with Crippen molar-refractivity contribution in [2.75, 3.05) is 19.6 Å². The van der Waals surface area contributed by atoms with Crippen molar-refractivity contribution in [2.45, 2.75) is 25.4 Å². The van der Waals surface area contributed by atoms with Gasteiger partial charge in [-0.2, -0.15) is 18.3 Å². The predicted octanol–water partition coefficient (Wildman–Crippen LogP) is 4.10. The van der Waals surface area contributed by atoms with Crippen LogP contribution in [-0.2, 0) is 17.4 Å². The number of amides is 2. The number of carbonyl (C=O) groups is 2. The minimum atomic E-state index is -4.43. The molecule has 178 valence electrons. The Kier molecular flexibility index (Phi) is 7.00. The fraction of sp³-hybridized carbons (Fsp3) is 0.320. The fourth-order valence-electron chi connectivity index (χ4n) is 4.04. The molecule has 0 saturated carbocycles. The van der Waals surface area contributed by atoms with Gasteiger partial charge in [0, 0.05) is 43.5 Å². The van der Waals surface area contributed by atoms with E-state index < -0.39 is 11.7 Å². The van der Waals surface area contributed by atoms with Crippen LogP contribution >= 0.6 is 0 Å². The van der Waals surface area contributed by atoms with Crippen LogP contribution in [0, 0.1) is 5.92 Å². The Bertz CT molecular complexity index is 1100. The SMILES string of the molecule is O=C(NCCc1ccc(-n2cccn2)cc1)C1CCN(C(=O)c2ccc(C(F)(F)F)cc2)CC1. The number of alkyl halides is 3. The number of hydrogen-bond acceptors (Lipinski definition) is 3. The van der Waals surface area contributed by atoms with E-state index in [2.05, 4.69) is 10.4 Å². The molecule has 3 aromatic rings. The van der Waals surface area contributed by atoms with E-state index in [-0.39, 0.29) is 23.3 Å². The molecular formula is C25H25F3N4O2. The highest BCUT2D eigenvalue weighted by Gasteiger charge is 2.31. The fourth-order valence-corrected chi connectivity index (χ4v) is 4.04. The van der Waals surface area contributed by atoms with Crippen molar-refractivity contribution in [1.82, 2.24) is 20.0 Å². The van der Waals surface area contributed by atoms with Crippen molar-refractivity contribution in [1.29, 1.82) is 0 Å². The molecule has 1 saturated heterocycles. The van der Waals surface area contributed by atoms with Gasteiger partial charge in [0.25, 0.3) is 5.91 Å². The Morgan fingerprint density at radius 2 is 1.68 bits per heavy atom. The maximum atomic E-state index is 12.7. The van der Waals surface area contributed by atoms with Crippen LogP contribution in [0.1, 0.15) is 34.3 Å². The molecule has 1 N–H and O–H groups in total. The molecule has 2 amide bonds. The Morgan fingerprint density at radius 3 is 2.26 bits per heavy atom. The number of likely N-dealkylation sites (tertiary alicyclic amines) is 1. The first-order valence-electron chi connectivity index (χ1n) is 11.1. The van der Waals surface area contributed by atoms with E-state index in [9.17, 15) is 22.8 Å². The van der Waals surface area contributed by atoms with Crippen LogP contribution < -0.4 is 5.32 Å². The second-order valence-electron chi connectivity index (χ2n) is 8.30. The summed E-state index contributed by atoms with van der Waals surface area (Å²) in [7, 11) is 0. The van der Waals surface area contributed by atoms with E-state index in [1.54, 1.807) is 15.8 Å². The molecule has 9 heteroatoms. The highest BCUT2D eigenvalue weighted by atomic mass is 19.4. The van der Waals surface area contributed by atoms with Crippen molar-refractivity contribution in [3.63, 3.8) is 0 Å². The molecule has 0 aliphatic carbocycles. The molecule has 34 heavy (non-hydrogen) atoms. The van der Waals surface area contributed by atoms with Gasteiger partial charge in [0.2, 0.25) is 5.91 Å². The predicted molar refractivity (Wildman–Crippen MR) is 120 cm³/mol. The van der Waals surface area contributed by atoms with Crippen molar-refractivity contribution in [3.8, 4) is 5.69 Å². The molecule has 0 bridgehead atoms. The summed E-state index contributed by atoms with van der Waals surface area (Å²) in [4.78, 5) is 26.7. The zero-order valence-electron chi connectivity index (χ0n) is 18.5. The standard InChI is InChI=1S/C25H25F3N4O2/c26-25(27,28)21-6-4-20(5-7-21)24(34)31-16-11-19(12-17-31)23(33)29-14-10-18-2-8-22(9-3-18)32-15-1-13-30-32/h1-9,13,15,19H,10-12,14,16-17H2,(H,29,33). The normalized spacial score (nSPS) is 14.7. The highest BCUT2D eigenvalue weighted by Crippen LogP contribution is 2.29. The molecule has 1 aromatic heterocycles. The van der Waals surface area contributed by atoms with Crippen molar-refractivity contribution in [2.24, 2.45) is 5.92 Å². The maximum Gasteiger partial charge on any atom is 0.416 e. The van der Waals surface area contributed by atoms with E-state index in [1.165, 1.54) is 12.1 Å². The van der Waals surface area contributed by atoms with Gasteiger partial charge >= 0.3 is 6.18 Å². The second-order valence-corrected chi connectivity index (χ2v) is 8.30. The summed E-state index contributed by atoms with van der Waals surface area (Å²) in [5.74, 6) is -0.528. The third-order valence-corrected chi connectivity index (χ3v) is 6.03. The average molecular weight is 470 g/mol. The van der Waals surface area contributed by atoms with Crippen molar-refractivity contribution >= 4 is 11.8 Å². The molecule has 0 atom stereocenters. The molecule has 0 spiro atoms. The zero-order chi connectivity index (χ0) is 24.1. The number of carbonyl (C=O) groups excluding carboxylic acids is 2. The number of nitrogens with one attached hydrogen (secondary N) is 1. The molecule has 1 aliphatic rings. The van der Waals surface area contributed by atoms with Gasteiger partial charge in [-0.05, 0) is 67.3 Å². The third kappa shape index (κ3) is 5.65. The first-order chi connectivity index (χ1) is 16.3. The lowest BCUT2D eigenvalue weighted by Crippen LogP contribution is -2.43. The summed E-state index contributed by atoms with van der Waals surface area (Å²) in [6.07, 6.45) is 0.914. The Balaban J connectivity index is 1.21. The number of hydrogen-bond donors (Lipinski definition) is 1. The largest absolute Gasteiger partial charge is 0.416 e. The highest BCUT2D eigenvalue weighted by molar-refractivity contribution is 5.94. The van der Waals surface area contributed by atoms with Crippen LogP contribution in [0.5, 0.6) is 0 Å². The molecule has 1 fully saturated rings. The molecule has 0 unspecified atom stereocenters. The molecule has 0 radical (unpaired) electrons. The van der Waals surface area contributed by atoms with E-state index >= 15 is 0 Å². The zero-order valence-corrected chi connectivity index (χ0v) is 18.5. The summed E-state index contributed by atoms with van der Waals surface area (Å²) in [6, 6.07) is 14.1. The van der Waals surface area contributed by atoms with Gasteiger partial charge < -0.3 is 10.2 Å². The average Bonchev–Trinajstić information content (AvgIpc) is 3.39. The van der Waals surface area contributed by atoms with E-state index in [4.69, 9.17) is 0 Å². The van der Waals surface area contributed by atoms with Crippen LogP contribution in [-0.4, -0.2) is 46.1 Å². The Labute approximate surface area is 195 Å². The van der Waals surface area contributed by atoms with Gasteiger partial charge in [0.15, 0.2) is 0 Å². The molecule has 6 nitrogen and oxygen atoms in total. The lowest BCUT2D eigenvalue weighted by atomic mass is 9.95. The van der Waals surface area contributed by atoms with E-state index in [1.807, 2.05) is 36.5 Å². The minimum absolute atomic E-state index is 0.0326. The summed E-state index contributed by atoms with van der Waals surface area (Å²) >= 11 is 0. The van der Waals surface area contributed by atoms with Gasteiger partial charge in [-0.3, -0.25) is 9.59 Å². The maximum absolute atomic E-state index is 12.7. The summed E-state index contributed by atoms with van der Waals surface area (Å²) in [5.41, 5.74) is 1.51. The molecule has 2 aromatic carbocycles. The van der Waals surface area contributed by atoms with Crippen molar-refractivity contribution < 1.29 is 22.8 Å². The number of halogens is 3. The van der Waals surface area contributed by atoms with Gasteiger partial charge in [0.05, 0.1) is 11.3 Å². The lowest BCUT2D eigenvalue weighted by Gasteiger charge is -2.31. The molecule has 1 aliphatic heterocycles. The monoisotopic (exact) mass is 470 g/mol. The van der Waals surface area contributed by atoms with Crippen LogP contribution in [0.15, 0.2) is 67.0 Å². The minimum Gasteiger partial charge on any atom is -0.356 e. The van der Waals surface area contributed by atoms with E-state index in [0.29, 0.717) is 38.9 Å². The summed E-state index contributed by atoms with van der Waals surface area (Å²) in [5, 5.41) is 7.17. The van der Waals surface area contributed by atoms with Crippen LogP contribution in [0.25, 0.3) is 5.69 Å². The number of rotatable bonds is 6. The Morgan fingerprint density at radius 1 is 1.00 bits per heavy atom. The number of piperidine rings is 1. The lowest BCUT2D eigenvalue weighted by molar-refractivity contribution is -0.137. The second kappa shape index (κ2) is 10.1. The summed E-state index contributed by atoms with van der Waals surface area (Å²) in [6.45, 7) is 1.31. The first-order valence-corrected chi connectivity index (χ1v) is 11.1. The number of nitrogens with zero attached hydrogens (tertiary/aromatic N) is 3. The molecular weight excluding hydrogens is 445 g/mol. The third-order valence-electron chi connectivity index (χ3n) is 6.03. The quantitative estimate of drug-likeness (QED) is 0.590. The van der Waals surface area contributed by atoms with Crippen molar-refractivity contribution in [3.05, 3.63) is 83.7 Å². The van der Waals surface area contributed by atoms with Gasteiger partial charge in [0.1, 0.15) is 0 Å².